The molecule has 2 rings (SSSR count). The van der Waals surface area contributed by atoms with Crippen molar-refractivity contribution >= 4 is 33.2 Å². The van der Waals surface area contributed by atoms with Crippen LogP contribution >= 0.6 is 27.3 Å². The third kappa shape index (κ3) is 5.96. The van der Waals surface area contributed by atoms with Gasteiger partial charge >= 0.3 is 0 Å². The fraction of sp³-hybridized carbons (Fsp3) is 0.368. The fourth-order valence-electron chi connectivity index (χ4n) is 2.63. The van der Waals surface area contributed by atoms with Crippen LogP contribution in [0, 0.1) is 17.2 Å². The van der Waals surface area contributed by atoms with E-state index >= 15 is 0 Å². The molecule has 2 aromatic rings. The maximum absolute atomic E-state index is 12.5. The molecular formula is C19H22BrN3OS. The van der Waals surface area contributed by atoms with Crippen LogP contribution in [0.5, 0.6) is 0 Å². The molecule has 0 bridgehead atoms. The summed E-state index contributed by atoms with van der Waals surface area (Å²) in [6.45, 7) is 4.20. The molecule has 2 N–H and O–H groups in total. The van der Waals surface area contributed by atoms with E-state index in [1.165, 1.54) is 0 Å². The Kier molecular flexibility index (Phi) is 7.63. The fourth-order valence-corrected chi connectivity index (χ4v) is 3.70. The van der Waals surface area contributed by atoms with Crippen LogP contribution in [-0.4, -0.2) is 18.5 Å². The van der Waals surface area contributed by atoms with E-state index in [9.17, 15) is 4.79 Å². The summed E-state index contributed by atoms with van der Waals surface area (Å²) < 4.78 is 1.02. The zero-order valence-electron chi connectivity index (χ0n) is 14.3. The van der Waals surface area contributed by atoms with E-state index in [1.54, 1.807) is 11.3 Å². The summed E-state index contributed by atoms with van der Waals surface area (Å²) in [5, 5.41) is 17.0. The first-order valence-corrected chi connectivity index (χ1v) is 9.88. The van der Waals surface area contributed by atoms with Gasteiger partial charge in [0.25, 0.3) is 0 Å². The van der Waals surface area contributed by atoms with Crippen LogP contribution in [0.3, 0.4) is 0 Å². The number of halogens is 1. The van der Waals surface area contributed by atoms with Gasteiger partial charge in [0, 0.05) is 9.35 Å². The largest absolute Gasteiger partial charge is 0.342 e. The van der Waals surface area contributed by atoms with E-state index in [0.717, 1.165) is 14.9 Å². The van der Waals surface area contributed by atoms with E-state index in [2.05, 4.69) is 58.6 Å². The van der Waals surface area contributed by atoms with Crippen LogP contribution in [0.4, 0.5) is 0 Å². The predicted molar refractivity (Wildman–Crippen MR) is 105 cm³/mol. The highest BCUT2D eigenvalue weighted by molar-refractivity contribution is 9.10. The molecule has 1 amide bonds. The molecule has 0 fully saturated rings. The molecule has 0 aliphatic rings. The number of carbonyl (C=O) groups excluding carboxylic acids is 1. The van der Waals surface area contributed by atoms with Gasteiger partial charge in [-0.2, -0.15) is 5.26 Å². The number of benzene rings is 1. The first kappa shape index (κ1) is 19.6. The summed E-state index contributed by atoms with van der Waals surface area (Å²) in [5.74, 6) is 0.230. The van der Waals surface area contributed by atoms with Crippen LogP contribution in [0.2, 0.25) is 0 Å². The highest BCUT2D eigenvalue weighted by Crippen LogP contribution is 2.28. The SMILES string of the molecule is CC(C)CC(N[C@@H](c1ccc(Br)cc1)c1cccs1)C(=O)NCC#N. The normalized spacial score (nSPS) is 13.2. The zero-order valence-corrected chi connectivity index (χ0v) is 16.7. The molecule has 0 saturated carbocycles. The van der Waals surface area contributed by atoms with Crippen molar-refractivity contribution in [3.63, 3.8) is 0 Å². The summed E-state index contributed by atoms with van der Waals surface area (Å²) in [5.41, 5.74) is 1.10. The second kappa shape index (κ2) is 9.71. The number of nitrogens with one attached hydrogen (secondary N) is 2. The van der Waals surface area contributed by atoms with Crippen LogP contribution in [-0.2, 0) is 4.79 Å². The first-order valence-electron chi connectivity index (χ1n) is 8.20. The van der Waals surface area contributed by atoms with Crippen LogP contribution in [0.15, 0.2) is 46.3 Å². The quantitative estimate of drug-likeness (QED) is 0.628. The second-order valence-electron chi connectivity index (χ2n) is 6.22. The van der Waals surface area contributed by atoms with E-state index in [1.807, 2.05) is 29.6 Å². The Labute approximate surface area is 161 Å². The number of nitrogens with zero attached hydrogens (tertiary/aromatic N) is 1. The number of rotatable bonds is 8. The van der Waals surface area contributed by atoms with Crippen molar-refractivity contribution in [3.05, 3.63) is 56.7 Å². The average Bonchev–Trinajstić information content (AvgIpc) is 3.11. The average molecular weight is 420 g/mol. The van der Waals surface area contributed by atoms with Gasteiger partial charge in [0.1, 0.15) is 6.54 Å². The molecule has 0 aliphatic carbocycles. The van der Waals surface area contributed by atoms with Gasteiger partial charge in [0.05, 0.1) is 18.2 Å². The van der Waals surface area contributed by atoms with E-state index in [4.69, 9.17) is 5.26 Å². The molecule has 1 unspecified atom stereocenters. The lowest BCUT2D eigenvalue weighted by Crippen LogP contribution is -2.46. The minimum atomic E-state index is -0.357. The van der Waals surface area contributed by atoms with Gasteiger partial charge in [-0.1, -0.05) is 48.0 Å². The van der Waals surface area contributed by atoms with Gasteiger partial charge in [0.15, 0.2) is 0 Å². The highest BCUT2D eigenvalue weighted by Gasteiger charge is 2.25. The number of carbonyl (C=O) groups is 1. The monoisotopic (exact) mass is 419 g/mol. The van der Waals surface area contributed by atoms with Gasteiger partial charge in [-0.3, -0.25) is 10.1 Å². The van der Waals surface area contributed by atoms with Crippen molar-refractivity contribution < 1.29 is 4.79 Å². The number of hydrogen-bond acceptors (Lipinski definition) is 4. The Morgan fingerprint density at radius 2 is 2.00 bits per heavy atom. The Balaban J connectivity index is 2.27. The minimum Gasteiger partial charge on any atom is -0.342 e. The molecule has 0 aliphatic heterocycles. The Bertz CT molecular complexity index is 707. The zero-order chi connectivity index (χ0) is 18.2. The maximum Gasteiger partial charge on any atom is 0.237 e. The Morgan fingerprint density at radius 3 is 2.56 bits per heavy atom. The second-order valence-corrected chi connectivity index (χ2v) is 8.12. The van der Waals surface area contributed by atoms with Crippen molar-refractivity contribution in [1.29, 1.82) is 5.26 Å². The van der Waals surface area contributed by atoms with Crippen molar-refractivity contribution in [2.24, 2.45) is 5.92 Å². The Morgan fingerprint density at radius 1 is 1.28 bits per heavy atom. The van der Waals surface area contributed by atoms with Crippen molar-refractivity contribution in [3.8, 4) is 6.07 Å². The predicted octanol–water partition coefficient (Wildman–Crippen LogP) is 4.24. The van der Waals surface area contributed by atoms with Gasteiger partial charge in [-0.05, 0) is 41.5 Å². The van der Waals surface area contributed by atoms with Crippen molar-refractivity contribution in [2.45, 2.75) is 32.4 Å². The van der Waals surface area contributed by atoms with Crippen LogP contribution in [0.1, 0.15) is 36.8 Å². The molecular weight excluding hydrogens is 398 g/mol. The van der Waals surface area contributed by atoms with E-state index in [-0.39, 0.29) is 24.5 Å². The molecule has 1 heterocycles. The van der Waals surface area contributed by atoms with E-state index < -0.39 is 0 Å². The third-order valence-electron chi connectivity index (χ3n) is 3.76. The highest BCUT2D eigenvalue weighted by atomic mass is 79.9. The standard InChI is InChI=1S/C19H22BrN3OS/c1-13(2)12-16(19(24)22-10-9-21)23-18(17-4-3-11-25-17)14-5-7-15(20)8-6-14/h3-8,11,13,16,18,23H,10,12H2,1-2H3,(H,22,24)/t16?,18-/m0/s1. The Hall–Kier alpha value is -1.68. The number of nitriles is 1. The lowest BCUT2D eigenvalue weighted by Gasteiger charge is -2.26. The molecule has 4 nitrogen and oxygen atoms in total. The van der Waals surface area contributed by atoms with Gasteiger partial charge < -0.3 is 5.32 Å². The topological polar surface area (TPSA) is 64.9 Å². The smallest absolute Gasteiger partial charge is 0.237 e. The molecule has 0 saturated heterocycles. The molecule has 1 aromatic carbocycles. The first-order chi connectivity index (χ1) is 12.0. The van der Waals surface area contributed by atoms with Gasteiger partial charge in [0.2, 0.25) is 5.91 Å². The number of amides is 1. The van der Waals surface area contributed by atoms with Gasteiger partial charge in [-0.25, -0.2) is 0 Å². The molecule has 0 radical (unpaired) electrons. The van der Waals surface area contributed by atoms with Crippen molar-refractivity contribution in [1.82, 2.24) is 10.6 Å². The van der Waals surface area contributed by atoms with Crippen molar-refractivity contribution in [2.75, 3.05) is 6.54 Å². The molecule has 2 atom stereocenters. The lowest BCUT2D eigenvalue weighted by atomic mass is 9.99. The molecule has 25 heavy (non-hydrogen) atoms. The number of hydrogen-bond donors (Lipinski definition) is 2. The summed E-state index contributed by atoms with van der Waals surface area (Å²) in [6, 6.07) is 13.8. The maximum atomic E-state index is 12.5. The lowest BCUT2D eigenvalue weighted by molar-refractivity contribution is -0.123. The van der Waals surface area contributed by atoms with Gasteiger partial charge in [-0.15, -0.1) is 11.3 Å². The summed E-state index contributed by atoms with van der Waals surface area (Å²) in [7, 11) is 0. The molecule has 1 aromatic heterocycles. The summed E-state index contributed by atoms with van der Waals surface area (Å²) >= 11 is 5.13. The van der Waals surface area contributed by atoms with E-state index in [0.29, 0.717) is 12.3 Å². The minimum absolute atomic E-state index is 0.0249. The molecule has 0 spiro atoms. The summed E-state index contributed by atoms with van der Waals surface area (Å²) in [6.07, 6.45) is 0.704. The molecule has 6 heteroatoms. The third-order valence-corrected chi connectivity index (χ3v) is 5.23. The molecule has 132 valence electrons. The summed E-state index contributed by atoms with van der Waals surface area (Å²) in [4.78, 5) is 13.7. The van der Waals surface area contributed by atoms with Crippen LogP contribution < -0.4 is 10.6 Å². The van der Waals surface area contributed by atoms with Crippen LogP contribution in [0.25, 0.3) is 0 Å². The number of thiophene rings is 1.